The zero-order valence-corrected chi connectivity index (χ0v) is 21.7. The maximum atomic E-state index is 5.15. The van der Waals surface area contributed by atoms with Gasteiger partial charge in [0.25, 0.3) is 0 Å². The predicted molar refractivity (Wildman–Crippen MR) is 138 cm³/mol. The minimum atomic E-state index is 0.236. The molecule has 0 saturated carbocycles. The van der Waals surface area contributed by atoms with Gasteiger partial charge in [-0.25, -0.2) is 4.98 Å². The molecule has 4 nitrogen and oxygen atoms in total. The number of hydrogen-bond acceptors (Lipinski definition) is 4. The van der Waals surface area contributed by atoms with Crippen molar-refractivity contribution < 1.29 is 0 Å². The zero-order chi connectivity index (χ0) is 23.2. The smallest absolute Gasteiger partial charge is 0.0964 e. The number of benzene rings is 1. The van der Waals surface area contributed by atoms with Crippen LogP contribution in [0, 0.1) is 0 Å². The van der Waals surface area contributed by atoms with Crippen molar-refractivity contribution >= 4 is 11.3 Å². The molecule has 1 fully saturated rings. The second-order valence-electron chi connectivity index (χ2n) is 11.4. The summed E-state index contributed by atoms with van der Waals surface area (Å²) >= 11 is 1.86. The first kappa shape index (κ1) is 22.8. The minimum Gasteiger partial charge on any atom is -0.299 e. The molecule has 176 valence electrons. The molecule has 0 unspecified atom stereocenters. The first-order valence-corrected chi connectivity index (χ1v) is 13.5. The molecule has 5 rings (SSSR count). The molecule has 1 aliphatic heterocycles. The van der Waals surface area contributed by atoms with E-state index in [-0.39, 0.29) is 10.8 Å². The zero-order valence-electron chi connectivity index (χ0n) is 20.9. The summed E-state index contributed by atoms with van der Waals surface area (Å²) in [4.78, 5) is 7.71. The van der Waals surface area contributed by atoms with Crippen molar-refractivity contribution in [3.8, 4) is 11.3 Å². The highest BCUT2D eigenvalue weighted by molar-refractivity contribution is 7.10. The first-order valence-electron chi connectivity index (χ1n) is 12.6. The van der Waals surface area contributed by atoms with Crippen LogP contribution in [0.25, 0.3) is 11.3 Å². The molecular weight excluding hydrogens is 424 g/mol. The van der Waals surface area contributed by atoms with Gasteiger partial charge in [-0.05, 0) is 73.7 Å². The summed E-state index contributed by atoms with van der Waals surface area (Å²) < 4.78 is 2.02. The predicted octanol–water partition coefficient (Wildman–Crippen LogP) is 6.76. The summed E-state index contributed by atoms with van der Waals surface area (Å²) in [5, 5.41) is 8.02. The number of hydrogen-bond donors (Lipinski definition) is 0. The molecule has 5 heteroatoms. The van der Waals surface area contributed by atoms with Gasteiger partial charge >= 0.3 is 0 Å². The van der Waals surface area contributed by atoms with Crippen molar-refractivity contribution in [2.24, 2.45) is 0 Å². The Hall–Kier alpha value is -1.98. The van der Waals surface area contributed by atoms with Crippen molar-refractivity contribution in [3.05, 3.63) is 57.7 Å². The molecule has 2 aromatic heterocycles. The maximum absolute atomic E-state index is 5.15. The van der Waals surface area contributed by atoms with Crippen LogP contribution >= 0.6 is 11.3 Å². The number of aromatic nitrogens is 3. The normalized spacial score (nSPS) is 20.6. The second-order valence-corrected chi connectivity index (χ2v) is 12.2. The number of fused-ring (bicyclic) bond motifs is 1. The number of piperidine rings is 1. The van der Waals surface area contributed by atoms with Crippen LogP contribution in [0.2, 0.25) is 0 Å². The van der Waals surface area contributed by atoms with Crippen molar-refractivity contribution in [3.63, 3.8) is 0 Å². The summed E-state index contributed by atoms with van der Waals surface area (Å²) in [7, 11) is 0. The third kappa shape index (κ3) is 4.54. The van der Waals surface area contributed by atoms with E-state index in [1.54, 1.807) is 0 Å². The molecule has 1 aliphatic carbocycles. The fourth-order valence-corrected chi connectivity index (χ4v) is 6.61. The van der Waals surface area contributed by atoms with E-state index in [0.717, 1.165) is 31.9 Å². The number of likely N-dealkylation sites (tertiary alicyclic amines) is 1. The van der Waals surface area contributed by atoms with Crippen LogP contribution in [-0.2, 0) is 23.9 Å². The number of aryl methyl sites for hydroxylation is 1. The Morgan fingerprint density at radius 2 is 1.76 bits per heavy atom. The van der Waals surface area contributed by atoms with Gasteiger partial charge in [-0.3, -0.25) is 9.58 Å². The average molecular weight is 463 g/mol. The molecule has 0 atom stereocenters. The molecule has 33 heavy (non-hydrogen) atoms. The van der Waals surface area contributed by atoms with Gasteiger partial charge in [0, 0.05) is 41.7 Å². The van der Waals surface area contributed by atoms with Gasteiger partial charge in [0.05, 0.1) is 16.9 Å². The molecule has 0 N–H and O–H groups in total. The molecule has 0 spiro atoms. The SMILES string of the molecule is CCn1cc(CN2CCC(c3nc(-c4ccc5c(c4)C(C)(C)CCC5(C)C)cs3)CC2)cn1. The summed E-state index contributed by atoms with van der Waals surface area (Å²) in [6, 6.07) is 7.12. The topological polar surface area (TPSA) is 34.0 Å². The van der Waals surface area contributed by atoms with Gasteiger partial charge in [0.15, 0.2) is 0 Å². The van der Waals surface area contributed by atoms with Crippen molar-refractivity contribution in [2.45, 2.75) is 90.1 Å². The van der Waals surface area contributed by atoms with Gasteiger partial charge in [-0.15, -0.1) is 11.3 Å². The summed E-state index contributed by atoms with van der Waals surface area (Å²) in [5.74, 6) is 0.589. The fraction of sp³-hybridized carbons (Fsp3) is 0.571. The number of rotatable bonds is 5. The molecule has 2 aliphatic rings. The van der Waals surface area contributed by atoms with Crippen LogP contribution in [0.15, 0.2) is 36.0 Å². The molecular formula is C28H38N4S. The average Bonchev–Trinajstić information content (AvgIpc) is 3.47. The van der Waals surface area contributed by atoms with E-state index >= 15 is 0 Å². The third-order valence-electron chi connectivity index (χ3n) is 8.02. The van der Waals surface area contributed by atoms with Gasteiger partial charge in [0.2, 0.25) is 0 Å². The van der Waals surface area contributed by atoms with Crippen LogP contribution in [0.4, 0.5) is 0 Å². The second kappa shape index (κ2) is 8.66. The monoisotopic (exact) mass is 462 g/mol. The van der Waals surface area contributed by atoms with Crippen LogP contribution < -0.4 is 0 Å². The molecule has 0 bridgehead atoms. The van der Waals surface area contributed by atoms with Gasteiger partial charge in [-0.1, -0.05) is 39.8 Å². The largest absolute Gasteiger partial charge is 0.299 e. The lowest BCUT2D eigenvalue weighted by Crippen LogP contribution is -2.33. The Labute approximate surface area is 203 Å². The molecule has 3 heterocycles. The highest BCUT2D eigenvalue weighted by Crippen LogP contribution is 2.47. The number of nitrogens with zero attached hydrogens (tertiary/aromatic N) is 4. The summed E-state index contributed by atoms with van der Waals surface area (Å²) in [6.07, 6.45) is 9.09. The molecule has 0 radical (unpaired) electrons. The van der Waals surface area contributed by atoms with E-state index in [1.165, 1.54) is 52.9 Å². The van der Waals surface area contributed by atoms with Gasteiger partial charge in [0.1, 0.15) is 0 Å². The minimum absolute atomic E-state index is 0.236. The van der Waals surface area contributed by atoms with Crippen molar-refractivity contribution in [1.82, 2.24) is 19.7 Å². The van der Waals surface area contributed by atoms with Gasteiger partial charge < -0.3 is 0 Å². The van der Waals surface area contributed by atoms with Crippen molar-refractivity contribution in [1.29, 1.82) is 0 Å². The third-order valence-corrected chi connectivity index (χ3v) is 9.03. The summed E-state index contributed by atoms with van der Waals surface area (Å²) in [5.41, 5.74) is 7.31. The lowest BCUT2D eigenvalue weighted by Gasteiger charge is -2.42. The van der Waals surface area contributed by atoms with E-state index in [2.05, 4.69) is 74.4 Å². The van der Waals surface area contributed by atoms with Gasteiger partial charge in [-0.2, -0.15) is 5.10 Å². The van der Waals surface area contributed by atoms with Crippen LogP contribution in [-0.4, -0.2) is 32.8 Å². The van der Waals surface area contributed by atoms with E-state index in [1.807, 2.05) is 22.2 Å². The lowest BCUT2D eigenvalue weighted by molar-refractivity contribution is 0.204. The lowest BCUT2D eigenvalue weighted by atomic mass is 9.63. The standard InChI is InChI=1S/C28H38N4S/c1-6-32-18-20(16-29-32)17-31-13-9-21(10-14-31)26-30-25(19-33-26)22-7-8-23-24(15-22)28(4,5)12-11-27(23,2)3/h7-8,15-16,18-19,21H,6,9-14,17H2,1-5H3. The molecule has 3 aromatic rings. The summed E-state index contributed by atoms with van der Waals surface area (Å²) in [6.45, 7) is 15.9. The van der Waals surface area contributed by atoms with E-state index in [9.17, 15) is 0 Å². The van der Waals surface area contributed by atoms with Crippen LogP contribution in [0.5, 0.6) is 0 Å². The molecule has 1 saturated heterocycles. The fourth-order valence-electron chi connectivity index (χ4n) is 5.61. The Morgan fingerprint density at radius 1 is 1.03 bits per heavy atom. The van der Waals surface area contributed by atoms with E-state index in [0.29, 0.717) is 5.92 Å². The van der Waals surface area contributed by atoms with Crippen LogP contribution in [0.3, 0.4) is 0 Å². The number of thiazole rings is 1. The van der Waals surface area contributed by atoms with E-state index < -0.39 is 0 Å². The van der Waals surface area contributed by atoms with E-state index in [4.69, 9.17) is 4.98 Å². The van der Waals surface area contributed by atoms with Crippen molar-refractivity contribution in [2.75, 3.05) is 13.1 Å². The highest BCUT2D eigenvalue weighted by Gasteiger charge is 2.37. The Morgan fingerprint density at radius 3 is 2.45 bits per heavy atom. The molecule has 0 amide bonds. The Kier molecular flexibility index (Phi) is 5.98. The van der Waals surface area contributed by atoms with Crippen LogP contribution in [0.1, 0.15) is 87.9 Å². The maximum Gasteiger partial charge on any atom is 0.0964 e. The quantitative estimate of drug-likeness (QED) is 0.420. The highest BCUT2D eigenvalue weighted by atomic mass is 32.1. The molecule has 1 aromatic carbocycles. The Balaban J connectivity index is 1.27. The Bertz CT molecular complexity index is 1110. The first-order chi connectivity index (χ1) is 15.7.